The van der Waals surface area contributed by atoms with Gasteiger partial charge in [0, 0.05) is 19.2 Å². The van der Waals surface area contributed by atoms with E-state index in [1.165, 1.54) is 37.8 Å². The predicted octanol–water partition coefficient (Wildman–Crippen LogP) is 2.51. The number of nitrogens with two attached hydrogens (primary N) is 1. The summed E-state index contributed by atoms with van der Waals surface area (Å²) in [6.07, 6.45) is 5.15. The van der Waals surface area contributed by atoms with Crippen molar-refractivity contribution in [1.82, 2.24) is 14.5 Å². The number of likely N-dealkylation sites (tertiary alicyclic amines) is 1. The zero-order valence-corrected chi connectivity index (χ0v) is 12.4. The molecule has 0 radical (unpaired) electrons. The predicted molar refractivity (Wildman–Crippen MR) is 82.5 cm³/mol. The van der Waals surface area contributed by atoms with Gasteiger partial charge in [-0.25, -0.2) is 9.37 Å². The number of imidazole rings is 1. The molecule has 0 spiro atoms. The number of halogens is 1. The Morgan fingerprint density at radius 3 is 2.62 bits per heavy atom. The highest BCUT2D eigenvalue weighted by molar-refractivity contribution is 5.76. The summed E-state index contributed by atoms with van der Waals surface area (Å²) in [4.78, 5) is 7.10. The smallest absolute Gasteiger partial charge is 0.125 e. The molecular formula is C16H23FN4. The molecule has 1 aliphatic heterocycles. The lowest BCUT2D eigenvalue weighted by Crippen LogP contribution is -2.26. The van der Waals surface area contributed by atoms with Crippen LogP contribution in [-0.2, 0) is 13.1 Å². The van der Waals surface area contributed by atoms with Crippen LogP contribution in [0.25, 0.3) is 11.0 Å². The SMILES string of the molecule is NCCn1c(CN2CCCCCC2)nc2cc(F)ccc21. The fourth-order valence-corrected chi connectivity index (χ4v) is 3.15. The van der Waals surface area contributed by atoms with Crippen molar-refractivity contribution in [2.24, 2.45) is 5.73 Å². The van der Waals surface area contributed by atoms with Crippen LogP contribution in [0.4, 0.5) is 4.39 Å². The highest BCUT2D eigenvalue weighted by Crippen LogP contribution is 2.20. The topological polar surface area (TPSA) is 47.1 Å². The maximum atomic E-state index is 13.4. The Bertz CT molecular complexity index is 600. The van der Waals surface area contributed by atoms with Crippen LogP contribution >= 0.6 is 0 Å². The van der Waals surface area contributed by atoms with E-state index in [1.54, 1.807) is 6.07 Å². The van der Waals surface area contributed by atoms with Crippen molar-refractivity contribution in [1.29, 1.82) is 0 Å². The fraction of sp³-hybridized carbons (Fsp3) is 0.562. The molecular weight excluding hydrogens is 267 g/mol. The highest BCUT2D eigenvalue weighted by Gasteiger charge is 2.15. The zero-order chi connectivity index (χ0) is 14.7. The number of nitrogens with zero attached hydrogens (tertiary/aromatic N) is 3. The fourth-order valence-electron chi connectivity index (χ4n) is 3.15. The lowest BCUT2D eigenvalue weighted by Gasteiger charge is -2.20. The van der Waals surface area contributed by atoms with Gasteiger partial charge in [0.15, 0.2) is 0 Å². The minimum Gasteiger partial charge on any atom is -0.329 e. The molecule has 0 saturated carbocycles. The molecule has 21 heavy (non-hydrogen) atoms. The van der Waals surface area contributed by atoms with Crippen molar-refractivity contribution >= 4 is 11.0 Å². The van der Waals surface area contributed by atoms with Crippen molar-refractivity contribution in [3.8, 4) is 0 Å². The van der Waals surface area contributed by atoms with Gasteiger partial charge >= 0.3 is 0 Å². The second-order valence-electron chi connectivity index (χ2n) is 5.79. The van der Waals surface area contributed by atoms with E-state index < -0.39 is 0 Å². The molecule has 5 heteroatoms. The highest BCUT2D eigenvalue weighted by atomic mass is 19.1. The third-order valence-corrected chi connectivity index (χ3v) is 4.21. The maximum Gasteiger partial charge on any atom is 0.125 e. The van der Waals surface area contributed by atoms with Crippen LogP contribution in [0.15, 0.2) is 18.2 Å². The summed E-state index contributed by atoms with van der Waals surface area (Å²) in [6.45, 7) is 4.37. The molecule has 1 aliphatic rings. The Labute approximate surface area is 124 Å². The molecule has 2 aromatic rings. The summed E-state index contributed by atoms with van der Waals surface area (Å²) >= 11 is 0. The van der Waals surface area contributed by atoms with E-state index in [0.29, 0.717) is 6.54 Å². The Balaban J connectivity index is 1.90. The summed E-state index contributed by atoms with van der Waals surface area (Å²) in [5, 5.41) is 0. The summed E-state index contributed by atoms with van der Waals surface area (Å²) in [5.41, 5.74) is 7.44. The molecule has 1 aromatic carbocycles. The number of rotatable bonds is 4. The summed E-state index contributed by atoms with van der Waals surface area (Å²) in [5.74, 6) is 0.768. The molecule has 1 aromatic heterocycles. The van der Waals surface area contributed by atoms with Crippen LogP contribution < -0.4 is 5.73 Å². The molecule has 0 bridgehead atoms. The molecule has 1 fully saturated rings. The lowest BCUT2D eigenvalue weighted by molar-refractivity contribution is 0.266. The number of fused-ring (bicyclic) bond motifs is 1. The van der Waals surface area contributed by atoms with Gasteiger partial charge in [0.25, 0.3) is 0 Å². The Morgan fingerprint density at radius 2 is 1.90 bits per heavy atom. The number of aromatic nitrogens is 2. The van der Waals surface area contributed by atoms with Crippen LogP contribution in [0.3, 0.4) is 0 Å². The molecule has 0 aliphatic carbocycles. The molecule has 0 atom stereocenters. The summed E-state index contributed by atoms with van der Waals surface area (Å²) in [7, 11) is 0. The average Bonchev–Trinajstić information content (AvgIpc) is 2.65. The molecule has 114 valence electrons. The molecule has 0 amide bonds. The van der Waals surface area contributed by atoms with Crippen LogP contribution in [0.1, 0.15) is 31.5 Å². The number of benzene rings is 1. The second kappa shape index (κ2) is 6.54. The van der Waals surface area contributed by atoms with Crippen molar-refractivity contribution in [3.05, 3.63) is 29.8 Å². The van der Waals surface area contributed by atoms with Crippen molar-refractivity contribution in [2.75, 3.05) is 19.6 Å². The Kier molecular flexibility index (Phi) is 4.51. The van der Waals surface area contributed by atoms with E-state index in [0.717, 1.165) is 43.0 Å². The third kappa shape index (κ3) is 3.24. The van der Waals surface area contributed by atoms with Gasteiger partial charge in [-0.15, -0.1) is 0 Å². The van der Waals surface area contributed by atoms with E-state index in [1.807, 2.05) is 0 Å². The molecule has 1 saturated heterocycles. The van der Waals surface area contributed by atoms with Gasteiger partial charge in [-0.1, -0.05) is 12.8 Å². The van der Waals surface area contributed by atoms with Gasteiger partial charge in [0.1, 0.15) is 11.6 Å². The average molecular weight is 290 g/mol. The summed E-state index contributed by atoms with van der Waals surface area (Å²) < 4.78 is 15.5. The van der Waals surface area contributed by atoms with Crippen molar-refractivity contribution in [2.45, 2.75) is 38.8 Å². The lowest BCUT2D eigenvalue weighted by atomic mass is 10.2. The van der Waals surface area contributed by atoms with E-state index in [2.05, 4.69) is 14.5 Å². The standard InChI is InChI=1S/C16H23FN4/c17-13-5-6-15-14(11-13)19-16(21(15)10-7-18)12-20-8-3-1-2-4-9-20/h5-6,11H,1-4,7-10,12,18H2. The third-order valence-electron chi connectivity index (χ3n) is 4.21. The van der Waals surface area contributed by atoms with E-state index in [-0.39, 0.29) is 5.82 Å². The minimum absolute atomic E-state index is 0.235. The monoisotopic (exact) mass is 290 g/mol. The quantitative estimate of drug-likeness (QED) is 0.941. The normalized spacial score (nSPS) is 17.2. The largest absolute Gasteiger partial charge is 0.329 e. The van der Waals surface area contributed by atoms with Crippen LogP contribution in [0.2, 0.25) is 0 Å². The zero-order valence-electron chi connectivity index (χ0n) is 12.4. The first-order valence-electron chi connectivity index (χ1n) is 7.85. The minimum atomic E-state index is -0.235. The van der Waals surface area contributed by atoms with Gasteiger partial charge in [-0.05, 0) is 38.1 Å². The summed E-state index contributed by atoms with van der Waals surface area (Å²) in [6, 6.07) is 4.81. The van der Waals surface area contributed by atoms with Crippen LogP contribution in [0.5, 0.6) is 0 Å². The van der Waals surface area contributed by atoms with Gasteiger partial charge in [-0.3, -0.25) is 4.90 Å². The van der Waals surface area contributed by atoms with Crippen LogP contribution in [-0.4, -0.2) is 34.1 Å². The van der Waals surface area contributed by atoms with Gasteiger partial charge in [0.05, 0.1) is 17.6 Å². The first kappa shape index (κ1) is 14.5. The van der Waals surface area contributed by atoms with Gasteiger partial charge < -0.3 is 10.3 Å². The first-order valence-corrected chi connectivity index (χ1v) is 7.85. The Hall–Kier alpha value is -1.46. The van der Waals surface area contributed by atoms with Gasteiger partial charge in [-0.2, -0.15) is 0 Å². The Morgan fingerprint density at radius 1 is 1.14 bits per heavy atom. The second-order valence-corrected chi connectivity index (χ2v) is 5.79. The van der Waals surface area contributed by atoms with E-state index in [9.17, 15) is 4.39 Å². The van der Waals surface area contributed by atoms with E-state index in [4.69, 9.17) is 5.73 Å². The van der Waals surface area contributed by atoms with Crippen molar-refractivity contribution < 1.29 is 4.39 Å². The number of hydrogen-bond acceptors (Lipinski definition) is 3. The maximum absolute atomic E-state index is 13.4. The molecule has 3 rings (SSSR count). The van der Waals surface area contributed by atoms with Crippen molar-refractivity contribution in [3.63, 3.8) is 0 Å². The van der Waals surface area contributed by atoms with Gasteiger partial charge in [0.2, 0.25) is 0 Å². The van der Waals surface area contributed by atoms with E-state index >= 15 is 0 Å². The molecule has 2 N–H and O–H groups in total. The van der Waals surface area contributed by atoms with Crippen LogP contribution in [0, 0.1) is 5.82 Å². The molecule has 4 nitrogen and oxygen atoms in total. The number of hydrogen-bond donors (Lipinski definition) is 1. The molecule has 0 unspecified atom stereocenters. The molecule has 2 heterocycles. The first-order chi connectivity index (χ1) is 10.3.